The summed E-state index contributed by atoms with van der Waals surface area (Å²) in [5.74, 6) is 2.58. The summed E-state index contributed by atoms with van der Waals surface area (Å²) in [4.78, 5) is 13.3. The van der Waals surface area contributed by atoms with Gasteiger partial charge in [-0.25, -0.2) is 0 Å². The van der Waals surface area contributed by atoms with Crippen molar-refractivity contribution in [2.45, 2.75) is 84.3 Å². The minimum atomic E-state index is -0.305. The van der Waals surface area contributed by atoms with Crippen LogP contribution in [0.5, 0.6) is 0 Å². The summed E-state index contributed by atoms with van der Waals surface area (Å²) in [5, 5.41) is 20.4. The molecular formula is C21H34O3. The zero-order valence-corrected chi connectivity index (χ0v) is 15.5. The number of carbonyl (C=O) groups is 1. The molecule has 0 amide bonds. The minimum Gasteiger partial charge on any atom is -0.393 e. The van der Waals surface area contributed by atoms with Gasteiger partial charge in [0.2, 0.25) is 0 Å². The Hall–Kier alpha value is -0.410. The molecule has 3 nitrogen and oxygen atoms in total. The molecule has 0 aromatic rings. The Balaban J connectivity index is 1.67. The Morgan fingerprint density at radius 3 is 2.54 bits per heavy atom. The molecule has 0 radical (unpaired) electrons. The number of hydrogen-bond acceptors (Lipinski definition) is 3. The number of hydrogen-bond donors (Lipinski definition) is 2. The molecule has 3 heteroatoms. The molecule has 2 N–H and O–H groups in total. The first kappa shape index (κ1) is 17.0. The molecule has 0 unspecified atom stereocenters. The van der Waals surface area contributed by atoms with Gasteiger partial charge in [-0.2, -0.15) is 0 Å². The minimum absolute atomic E-state index is 0.00376. The van der Waals surface area contributed by atoms with Gasteiger partial charge in [-0.05, 0) is 86.4 Å². The van der Waals surface area contributed by atoms with Crippen LogP contribution in [-0.2, 0) is 4.79 Å². The third kappa shape index (κ3) is 2.19. The van der Waals surface area contributed by atoms with E-state index >= 15 is 0 Å². The highest BCUT2D eigenvalue weighted by atomic mass is 16.3. The molecule has 4 rings (SSSR count). The molecule has 0 saturated heterocycles. The van der Waals surface area contributed by atoms with Gasteiger partial charge in [0.1, 0.15) is 5.78 Å². The van der Waals surface area contributed by atoms with E-state index in [-0.39, 0.29) is 34.9 Å². The maximum absolute atomic E-state index is 13.3. The lowest BCUT2D eigenvalue weighted by Crippen LogP contribution is -2.58. The van der Waals surface area contributed by atoms with Crippen LogP contribution in [0.2, 0.25) is 0 Å². The van der Waals surface area contributed by atoms with E-state index < -0.39 is 0 Å². The molecule has 0 bridgehead atoms. The number of ketones is 1. The lowest BCUT2D eigenvalue weighted by molar-refractivity contribution is -0.163. The van der Waals surface area contributed by atoms with Gasteiger partial charge in [0.25, 0.3) is 0 Å². The maximum Gasteiger partial charge on any atom is 0.137 e. The summed E-state index contributed by atoms with van der Waals surface area (Å²) in [5.41, 5.74) is 0.104. The summed E-state index contributed by atoms with van der Waals surface area (Å²) in [7, 11) is 0. The standard InChI is InChI=1S/C21H34O3/c1-12(22)16-6-7-17-15-5-4-13-10-14(23)8-9-20(13,2)19(15)18(24)11-21(16,17)3/h12-17,19,22-23H,4-11H2,1-3H3/t12-,13+,14-,15-,16-,17-,19-,20-,21+/m0/s1. The van der Waals surface area contributed by atoms with Gasteiger partial charge in [0.05, 0.1) is 12.2 Å². The topological polar surface area (TPSA) is 57.5 Å². The highest BCUT2D eigenvalue weighted by molar-refractivity contribution is 5.84. The molecule has 4 aliphatic rings. The highest BCUT2D eigenvalue weighted by Gasteiger charge is 2.63. The summed E-state index contributed by atoms with van der Waals surface area (Å²) < 4.78 is 0. The van der Waals surface area contributed by atoms with E-state index in [1.54, 1.807) is 0 Å². The lowest BCUT2D eigenvalue weighted by atomic mass is 9.44. The molecule has 0 spiro atoms. The van der Waals surface area contributed by atoms with Crippen molar-refractivity contribution in [1.82, 2.24) is 0 Å². The number of aliphatic hydroxyl groups excluding tert-OH is 2. The van der Waals surface area contributed by atoms with Crippen LogP contribution in [0.1, 0.15) is 72.1 Å². The number of aliphatic hydroxyl groups is 2. The van der Waals surface area contributed by atoms with Crippen LogP contribution in [-0.4, -0.2) is 28.2 Å². The van der Waals surface area contributed by atoms with E-state index in [0.717, 1.165) is 32.1 Å². The van der Waals surface area contributed by atoms with Gasteiger partial charge in [0.15, 0.2) is 0 Å². The van der Waals surface area contributed by atoms with E-state index in [4.69, 9.17) is 0 Å². The summed E-state index contributed by atoms with van der Waals surface area (Å²) in [6.07, 6.45) is 7.56. The first-order chi connectivity index (χ1) is 11.3. The Labute approximate surface area is 146 Å². The van der Waals surface area contributed by atoms with Crippen LogP contribution < -0.4 is 0 Å². The molecule has 9 atom stereocenters. The molecule has 0 aliphatic heterocycles. The third-order valence-electron chi connectivity index (χ3n) is 8.98. The summed E-state index contributed by atoms with van der Waals surface area (Å²) in [6, 6.07) is 0. The average Bonchev–Trinajstić information content (AvgIpc) is 2.84. The van der Waals surface area contributed by atoms with Crippen molar-refractivity contribution < 1.29 is 15.0 Å². The second kappa shape index (κ2) is 5.54. The number of carbonyl (C=O) groups excluding carboxylic acids is 1. The van der Waals surface area contributed by atoms with Crippen molar-refractivity contribution in [3.05, 3.63) is 0 Å². The second-order valence-corrected chi connectivity index (χ2v) is 10.0. The highest BCUT2D eigenvalue weighted by Crippen LogP contribution is 2.66. The maximum atomic E-state index is 13.3. The predicted octanol–water partition coefficient (Wildman–Crippen LogP) is 3.57. The summed E-state index contributed by atoms with van der Waals surface area (Å²) >= 11 is 0. The van der Waals surface area contributed by atoms with Gasteiger partial charge in [-0.3, -0.25) is 4.79 Å². The van der Waals surface area contributed by atoms with Crippen LogP contribution in [0, 0.1) is 40.4 Å². The molecular weight excluding hydrogens is 300 g/mol. The predicted molar refractivity (Wildman–Crippen MR) is 93.3 cm³/mol. The molecule has 0 aromatic heterocycles. The van der Waals surface area contributed by atoms with Crippen molar-refractivity contribution in [2.75, 3.05) is 0 Å². The van der Waals surface area contributed by atoms with Crippen molar-refractivity contribution >= 4 is 5.78 Å². The fraction of sp³-hybridized carbons (Fsp3) is 0.952. The van der Waals surface area contributed by atoms with Gasteiger partial charge in [-0.15, -0.1) is 0 Å². The van der Waals surface area contributed by atoms with Crippen LogP contribution in [0.4, 0.5) is 0 Å². The number of Topliss-reactive ketones (excluding diaryl/α,β-unsaturated/α-hetero) is 1. The molecule has 136 valence electrons. The van der Waals surface area contributed by atoms with Gasteiger partial charge in [-0.1, -0.05) is 13.8 Å². The first-order valence-corrected chi connectivity index (χ1v) is 10.2. The van der Waals surface area contributed by atoms with Crippen molar-refractivity contribution in [2.24, 2.45) is 40.4 Å². The Bertz CT molecular complexity index is 529. The molecule has 0 aromatic carbocycles. The lowest BCUT2D eigenvalue weighted by Gasteiger charge is -2.60. The monoisotopic (exact) mass is 334 g/mol. The molecule has 4 fully saturated rings. The molecule has 4 aliphatic carbocycles. The van der Waals surface area contributed by atoms with Crippen molar-refractivity contribution in [1.29, 1.82) is 0 Å². The molecule has 4 saturated carbocycles. The van der Waals surface area contributed by atoms with Gasteiger partial charge in [0, 0.05) is 12.3 Å². The van der Waals surface area contributed by atoms with Crippen LogP contribution in [0.3, 0.4) is 0 Å². The van der Waals surface area contributed by atoms with E-state index in [0.29, 0.717) is 30.0 Å². The smallest absolute Gasteiger partial charge is 0.137 e. The number of fused-ring (bicyclic) bond motifs is 5. The van der Waals surface area contributed by atoms with E-state index in [2.05, 4.69) is 13.8 Å². The average molecular weight is 335 g/mol. The quantitative estimate of drug-likeness (QED) is 0.771. The molecule has 0 heterocycles. The second-order valence-electron chi connectivity index (χ2n) is 10.0. The fourth-order valence-corrected chi connectivity index (χ4v) is 7.88. The third-order valence-corrected chi connectivity index (χ3v) is 8.98. The normalized spacial score (nSPS) is 55.5. The van der Waals surface area contributed by atoms with E-state index in [9.17, 15) is 15.0 Å². The van der Waals surface area contributed by atoms with Crippen LogP contribution in [0.25, 0.3) is 0 Å². The van der Waals surface area contributed by atoms with Crippen LogP contribution in [0.15, 0.2) is 0 Å². The molecule has 24 heavy (non-hydrogen) atoms. The largest absolute Gasteiger partial charge is 0.393 e. The van der Waals surface area contributed by atoms with Crippen molar-refractivity contribution in [3.63, 3.8) is 0 Å². The van der Waals surface area contributed by atoms with Gasteiger partial charge < -0.3 is 10.2 Å². The van der Waals surface area contributed by atoms with Crippen molar-refractivity contribution in [3.8, 4) is 0 Å². The van der Waals surface area contributed by atoms with E-state index in [1.807, 2.05) is 6.92 Å². The Morgan fingerprint density at radius 1 is 1.08 bits per heavy atom. The SMILES string of the molecule is C[C@H](O)[C@@H]1CC[C@H]2[C@@H]3CC[C@@H]4C[C@@H](O)CC[C@]4(C)[C@@H]3C(=O)C[C@@]21C. The fourth-order valence-electron chi connectivity index (χ4n) is 7.88. The Kier molecular flexibility index (Phi) is 3.93. The summed E-state index contributed by atoms with van der Waals surface area (Å²) in [6.45, 7) is 6.55. The van der Waals surface area contributed by atoms with Crippen LogP contribution >= 0.6 is 0 Å². The Morgan fingerprint density at radius 2 is 1.83 bits per heavy atom. The zero-order valence-electron chi connectivity index (χ0n) is 15.5. The number of rotatable bonds is 1. The zero-order chi connectivity index (χ0) is 17.3. The van der Waals surface area contributed by atoms with Gasteiger partial charge >= 0.3 is 0 Å². The first-order valence-electron chi connectivity index (χ1n) is 10.2. The van der Waals surface area contributed by atoms with E-state index in [1.165, 1.54) is 12.8 Å².